The first-order valence-corrected chi connectivity index (χ1v) is 10.5. The van der Waals surface area contributed by atoms with Crippen LogP contribution in [0.25, 0.3) is 0 Å². The predicted octanol–water partition coefficient (Wildman–Crippen LogP) is 1.54. The van der Waals surface area contributed by atoms with Crippen molar-refractivity contribution < 1.29 is 14.3 Å². The largest absolute Gasteiger partial charge is 0.493 e. The summed E-state index contributed by atoms with van der Waals surface area (Å²) >= 11 is 0. The van der Waals surface area contributed by atoms with Crippen LogP contribution in [0.4, 0.5) is 0 Å². The summed E-state index contributed by atoms with van der Waals surface area (Å²) in [7, 11) is 0. The number of aryl methyl sites for hydroxylation is 1. The lowest BCUT2D eigenvalue weighted by molar-refractivity contribution is 0.0708. The van der Waals surface area contributed by atoms with E-state index in [4.69, 9.17) is 4.74 Å². The van der Waals surface area contributed by atoms with Gasteiger partial charge in [0, 0.05) is 51.1 Å². The Balaban J connectivity index is 1.27. The molecule has 0 spiro atoms. The average Bonchev–Trinajstić information content (AvgIpc) is 3.32. The minimum absolute atomic E-state index is 0.0221. The van der Waals surface area contributed by atoms with Gasteiger partial charge in [0.15, 0.2) is 0 Å². The van der Waals surface area contributed by atoms with E-state index in [2.05, 4.69) is 10.2 Å². The maximum Gasteiger partial charge on any atom is 0.291 e. The van der Waals surface area contributed by atoms with Gasteiger partial charge in [0.1, 0.15) is 11.6 Å². The van der Waals surface area contributed by atoms with Crippen LogP contribution in [0.1, 0.15) is 51.6 Å². The molecule has 1 aromatic carbocycles. The molecule has 152 valence electrons. The molecule has 29 heavy (non-hydrogen) atoms. The molecule has 4 heterocycles. The Morgan fingerprint density at radius 3 is 2.55 bits per heavy atom. The Bertz CT molecular complexity index is 954. The van der Waals surface area contributed by atoms with Crippen LogP contribution in [-0.4, -0.2) is 69.2 Å². The number of hydrogen-bond donors (Lipinski definition) is 0. The molecular weight excluding hydrogens is 370 g/mol. The van der Waals surface area contributed by atoms with Gasteiger partial charge in [0.05, 0.1) is 6.61 Å². The number of ether oxygens (including phenoxy) is 1. The number of carbonyl (C=O) groups is 2. The minimum Gasteiger partial charge on any atom is -0.493 e. The normalized spacial score (nSPS) is 18.6. The quantitative estimate of drug-likeness (QED) is 0.771. The summed E-state index contributed by atoms with van der Waals surface area (Å²) < 4.78 is 7.50. The maximum absolute atomic E-state index is 13.0. The summed E-state index contributed by atoms with van der Waals surface area (Å²) in [5, 5.41) is 8.37. The van der Waals surface area contributed by atoms with E-state index >= 15 is 0 Å². The Morgan fingerprint density at radius 1 is 0.862 bits per heavy atom. The highest BCUT2D eigenvalue weighted by molar-refractivity contribution is 5.95. The SMILES string of the molecule is O=C(c1ccc2c(c1)CCO2)N1CCCN(C(=O)c2nnc3n2CCCC3)CC1. The van der Waals surface area contributed by atoms with Crippen molar-refractivity contribution in [1.82, 2.24) is 24.6 Å². The van der Waals surface area contributed by atoms with Gasteiger partial charge in [-0.25, -0.2) is 0 Å². The summed E-state index contributed by atoms with van der Waals surface area (Å²) in [5.74, 6) is 2.18. The fraction of sp³-hybridized carbons (Fsp3) is 0.524. The van der Waals surface area contributed by atoms with E-state index in [1.165, 1.54) is 0 Å². The van der Waals surface area contributed by atoms with Crippen molar-refractivity contribution in [3.8, 4) is 5.75 Å². The van der Waals surface area contributed by atoms with Gasteiger partial charge in [0.25, 0.3) is 11.8 Å². The zero-order valence-electron chi connectivity index (χ0n) is 16.5. The lowest BCUT2D eigenvalue weighted by atomic mass is 10.1. The highest BCUT2D eigenvalue weighted by atomic mass is 16.5. The topological polar surface area (TPSA) is 80.6 Å². The molecule has 0 bridgehead atoms. The molecule has 2 amide bonds. The number of nitrogens with zero attached hydrogens (tertiary/aromatic N) is 5. The van der Waals surface area contributed by atoms with Gasteiger partial charge in [-0.1, -0.05) is 0 Å². The molecule has 8 heteroatoms. The molecule has 0 radical (unpaired) electrons. The third kappa shape index (κ3) is 3.36. The van der Waals surface area contributed by atoms with Crippen LogP contribution in [-0.2, 0) is 19.4 Å². The molecule has 8 nitrogen and oxygen atoms in total. The van der Waals surface area contributed by atoms with Gasteiger partial charge in [-0.3, -0.25) is 9.59 Å². The summed E-state index contributed by atoms with van der Waals surface area (Å²) in [6, 6.07) is 5.67. The smallest absolute Gasteiger partial charge is 0.291 e. The zero-order valence-corrected chi connectivity index (χ0v) is 16.5. The molecule has 3 aliphatic rings. The molecule has 1 saturated heterocycles. The summed E-state index contributed by atoms with van der Waals surface area (Å²) in [6.45, 7) is 3.81. The van der Waals surface area contributed by atoms with E-state index in [9.17, 15) is 9.59 Å². The van der Waals surface area contributed by atoms with Crippen LogP contribution >= 0.6 is 0 Å². The summed E-state index contributed by atoms with van der Waals surface area (Å²) in [6.07, 6.45) is 4.64. The molecule has 0 aliphatic carbocycles. The number of rotatable bonds is 2. The average molecular weight is 395 g/mol. The van der Waals surface area contributed by atoms with Gasteiger partial charge in [-0.05, 0) is 43.0 Å². The van der Waals surface area contributed by atoms with Gasteiger partial charge < -0.3 is 19.1 Å². The molecule has 0 atom stereocenters. The highest BCUT2D eigenvalue weighted by Gasteiger charge is 2.28. The third-order valence-corrected chi connectivity index (χ3v) is 6.06. The van der Waals surface area contributed by atoms with Crippen LogP contribution in [0.3, 0.4) is 0 Å². The molecule has 0 N–H and O–H groups in total. The van der Waals surface area contributed by atoms with Crippen molar-refractivity contribution in [3.63, 3.8) is 0 Å². The van der Waals surface area contributed by atoms with Gasteiger partial charge >= 0.3 is 0 Å². The van der Waals surface area contributed by atoms with E-state index < -0.39 is 0 Å². The van der Waals surface area contributed by atoms with Crippen molar-refractivity contribution >= 4 is 11.8 Å². The number of hydrogen-bond acceptors (Lipinski definition) is 5. The number of benzene rings is 1. The van der Waals surface area contributed by atoms with Crippen LogP contribution in [0.5, 0.6) is 5.75 Å². The third-order valence-electron chi connectivity index (χ3n) is 6.06. The molecule has 1 fully saturated rings. The summed E-state index contributed by atoms with van der Waals surface area (Å²) in [5.41, 5.74) is 1.79. The fourth-order valence-electron chi connectivity index (χ4n) is 4.43. The number of aromatic nitrogens is 3. The van der Waals surface area contributed by atoms with E-state index in [1.807, 2.05) is 32.6 Å². The Morgan fingerprint density at radius 2 is 1.69 bits per heavy atom. The summed E-state index contributed by atoms with van der Waals surface area (Å²) in [4.78, 5) is 29.7. The second-order valence-corrected chi connectivity index (χ2v) is 7.91. The lowest BCUT2D eigenvalue weighted by Crippen LogP contribution is -2.38. The molecule has 1 aromatic heterocycles. The molecule has 3 aliphatic heterocycles. The Labute approximate surface area is 169 Å². The maximum atomic E-state index is 13.0. The van der Waals surface area contributed by atoms with Crippen LogP contribution < -0.4 is 4.74 Å². The molecule has 0 saturated carbocycles. The molecule has 5 rings (SSSR count). The van der Waals surface area contributed by atoms with Gasteiger partial charge in [-0.2, -0.15) is 0 Å². The van der Waals surface area contributed by atoms with E-state index in [0.29, 0.717) is 44.2 Å². The zero-order chi connectivity index (χ0) is 19.8. The number of fused-ring (bicyclic) bond motifs is 2. The van der Waals surface area contributed by atoms with Crippen LogP contribution in [0.2, 0.25) is 0 Å². The number of carbonyl (C=O) groups excluding carboxylic acids is 2. The molecule has 0 unspecified atom stereocenters. The van der Waals surface area contributed by atoms with Crippen molar-refractivity contribution in [2.24, 2.45) is 0 Å². The first kappa shape index (κ1) is 18.1. The lowest BCUT2D eigenvalue weighted by Gasteiger charge is -2.23. The van der Waals surface area contributed by atoms with Crippen molar-refractivity contribution in [2.75, 3.05) is 32.8 Å². The minimum atomic E-state index is -0.0744. The van der Waals surface area contributed by atoms with Crippen LogP contribution in [0, 0.1) is 0 Å². The Kier molecular flexibility index (Phi) is 4.69. The molecule has 2 aromatic rings. The predicted molar refractivity (Wildman–Crippen MR) is 105 cm³/mol. The second-order valence-electron chi connectivity index (χ2n) is 7.91. The Hall–Kier alpha value is -2.90. The van der Waals surface area contributed by atoms with Gasteiger partial charge in [-0.15, -0.1) is 10.2 Å². The highest BCUT2D eigenvalue weighted by Crippen LogP contribution is 2.26. The number of amides is 2. The van der Waals surface area contributed by atoms with Crippen LogP contribution in [0.15, 0.2) is 18.2 Å². The van der Waals surface area contributed by atoms with E-state index in [0.717, 1.165) is 55.8 Å². The van der Waals surface area contributed by atoms with E-state index in [-0.39, 0.29) is 11.8 Å². The van der Waals surface area contributed by atoms with Crippen molar-refractivity contribution in [1.29, 1.82) is 0 Å². The molecular formula is C21H25N5O3. The van der Waals surface area contributed by atoms with Crippen molar-refractivity contribution in [3.05, 3.63) is 41.0 Å². The van der Waals surface area contributed by atoms with Crippen molar-refractivity contribution in [2.45, 2.75) is 38.6 Å². The second kappa shape index (κ2) is 7.50. The standard InChI is InChI=1S/C21H25N5O3/c27-20(16-5-6-17-15(14-16)7-13-29-17)24-8-3-9-25(12-11-24)21(28)19-23-22-18-4-1-2-10-26(18)19/h5-6,14H,1-4,7-13H2. The first-order valence-electron chi connectivity index (χ1n) is 10.5. The van der Waals surface area contributed by atoms with E-state index in [1.54, 1.807) is 0 Å². The first-order chi connectivity index (χ1) is 14.2. The van der Waals surface area contributed by atoms with Gasteiger partial charge in [0.2, 0.25) is 5.82 Å². The fourth-order valence-corrected chi connectivity index (χ4v) is 4.43. The monoisotopic (exact) mass is 395 g/mol.